The van der Waals surface area contributed by atoms with Gasteiger partial charge in [-0.05, 0) is 38.8 Å². The lowest BCUT2D eigenvalue weighted by molar-refractivity contribution is 1.40. The largest absolute Gasteiger partial charge is 0.145 e. The summed E-state index contributed by atoms with van der Waals surface area (Å²) in [4.78, 5) is 2.87. The molecule has 0 saturated carbocycles. The molecule has 1 rings (SSSR count). The number of allylic oxidation sites excluding steroid dienone is 1. The zero-order chi connectivity index (χ0) is 8.43. The maximum atomic E-state index is 2.19. The molecule has 0 bridgehead atoms. The third-order valence-corrected chi connectivity index (χ3v) is 3.09. The Bertz CT molecular complexity index is 279. The van der Waals surface area contributed by atoms with Gasteiger partial charge in [-0.1, -0.05) is 12.2 Å². The van der Waals surface area contributed by atoms with Gasteiger partial charge in [-0.25, -0.2) is 0 Å². The van der Waals surface area contributed by atoms with Crippen molar-refractivity contribution in [3.63, 3.8) is 0 Å². The van der Waals surface area contributed by atoms with E-state index in [0.717, 1.165) is 0 Å². The Morgan fingerprint density at radius 3 is 2.09 bits per heavy atom. The quantitative estimate of drug-likeness (QED) is 0.596. The van der Waals surface area contributed by atoms with Crippen LogP contribution in [0.15, 0.2) is 6.08 Å². The van der Waals surface area contributed by atoms with Crippen molar-refractivity contribution in [2.75, 3.05) is 0 Å². The average molecular weight is 166 g/mol. The van der Waals surface area contributed by atoms with Crippen LogP contribution in [-0.2, 0) is 0 Å². The number of aryl methyl sites for hydroxylation is 2. The van der Waals surface area contributed by atoms with Crippen molar-refractivity contribution in [3.8, 4) is 0 Å². The molecule has 0 aromatic carbocycles. The average Bonchev–Trinajstić information content (AvgIpc) is 2.17. The van der Waals surface area contributed by atoms with Crippen molar-refractivity contribution < 1.29 is 0 Å². The minimum Gasteiger partial charge on any atom is -0.145 e. The molecule has 0 atom stereocenters. The maximum Gasteiger partial charge on any atom is 0.00920 e. The zero-order valence-electron chi connectivity index (χ0n) is 7.56. The van der Waals surface area contributed by atoms with E-state index in [2.05, 4.69) is 39.8 Å². The predicted molar refractivity (Wildman–Crippen MR) is 53.2 cm³/mol. The first kappa shape index (κ1) is 8.54. The molecule has 1 aromatic rings. The number of hydrogen-bond acceptors (Lipinski definition) is 1. The summed E-state index contributed by atoms with van der Waals surface area (Å²) < 4.78 is 0. The molecule has 0 spiro atoms. The number of thiophene rings is 1. The molecule has 0 aliphatic rings. The third-order valence-electron chi connectivity index (χ3n) is 1.95. The summed E-state index contributed by atoms with van der Waals surface area (Å²) in [6.07, 6.45) is 4.29. The first-order chi connectivity index (χ1) is 5.16. The molecule has 11 heavy (non-hydrogen) atoms. The maximum absolute atomic E-state index is 2.19. The van der Waals surface area contributed by atoms with Crippen molar-refractivity contribution in [2.45, 2.75) is 27.7 Å². The van der Waals surface area contributed by atoms with Crippen molar-refractivity contribution in [1.82, 2.24) is 0 Å². The number of rotatable bonds is 1. The van der Waals surface area contributed by atoms with Gasteiger partial charge in [-0.3, -0.25) is 0 Å². The van der Waals surface area contributed by atoms with Crippen LogP contribution < -0.4 is 0 Å². The second kappa shape index (κ2) is 3.22. The van der Waals surface area contributed by atoms with Crippen LogP contribution >= 0.6 is 11.3 Å². The van der Waals surface area contributed by atoms with E-state index < -0.39 is 0 Å². The Hall–Kier alpha value is -0.560. The van der Waals surface area contributed by atoms with E-state index in [1.54, 1.807) is 0 Å². The molecule has 60 valence electrons. The molecule has 0 aliphatic heterocycles. The van der Waals surface area contributed by atoms with Crippen LogP contribution in [0.25, 0.3) is 6.08 Å². The Morgan fingerprint density at radius 2 is 1.73 bits per heavy atom. The molecule has 0 unspecified atom stereocenters. The summed E-state index contributed by atoms with van der Waals surface area (Å²) in [6, 6.07) is 0. The van der Waals surface area contributed by atoms with Gasteiger partial charge in [0.05, 0.1) is 0 Å². The summed E-state index contributed by atoms with van der Waals surface area (Å²) in [6.45, 7) is 8.61. The van der Waals surface area contributed by atoms with Crippen LogP contribution in [0.2, 0.25) is 0 Å². The normalized spacial score (nSPS) is 11.3. The Morgan fingerprint density at radius 1 is 1.09 bits per heavy atom. The van der Waals surface area contributed by atoms with Crippen LogP contribution in [0.3, 0.4) is 0 Å². The van der Waals surface area contributed by atoms with Crippen LogP contribution in [0, 0.1) is 20.8 Å². The minimum atomic E-state index is 1.41. The van der Waals surface area contributed by atoms with E-state index in [9.17, 15) is 0 Å². The van der Waals surface area contributed by atoms with Crippen LogP contribution in [0.4, 0.5) is 0 Å². The van der Waals surface area contributed by atoms with Gasteiger partial charge in [0.1, 0.15) is 0 Å². The van der Waals surface area contributed by atoms with E-state index in [1.807, 2.05) is 11.3 Å². The molecule has 0 fully saturated rings. The number of hydrogen-bond donors (Lipinski definition) is 0. The molecule has 1 aromatic heterocycles. The Kier molecular flexibility index (Phi) is 2.50. The smallest absolute Gasteiger partial charge is 0.00920 e. The molecule has 1 heterocycles. The second-order valence-electron chi connectivity index (χ2n) is 2.75. The van der Waals surface area contributed by atoms with E-state index in [1.165, 1.54) is 20.9 Å². The van der Waals surface area contributed by atoms with Gasteiger partial charge in [0, 0.05) is 9.75 Å². The Balaban J connectivity index is 3.22. The van der Waals surface area contributed by atoms with Gasteiger partial charge in [-0.2, -0.15) is 0 Å². The highest BCUT2D eigenvalue weighted by Crippen LogP contribution is 2.27. The first-order valence-electron chi connectivity index (χ1n) is 3.86. The summed E-state index contributed by atoms with van der Waals surface area (Å²) in [7, 11) is 0. The summed E-state index contributed by atoms with van der Waals surface area (Å²) in [5.41, 5.74) is 2.85. The highest BCUT2D eigenvalue weighted by molar-refractivity contribution is 7.12. The van der Waals surface area contributed by atoms with Gasteiger partial charge < -0.3 is 0 Å². The van der Waals surface area contributed by atoms with Gasteiger partial charge in [0.25, 0.3) is 0 Å². The first-order valence-corrected chi connectivity index (χ1v) is 4.67. The zero-order valence-corrected chi connectivity index (χ0v) is 8.38. The SMILES string of the molecule is C/C=C\c1c(C)sc(C)c1C. The van der Waals surface area contributed by atoms with Crippen LogP contribution in [0.1, 0.15) is 27.8 Å². The standard InChI is InChI=1S/C10H14S/c1-5-6-10-7(2)8(3)11-9(10)4/h5-6H,1-4H3/b6-5-. The molecule has 0 nitrogen and oxygen atoms in total. The highest BCUT2D eigenvalue weighted by atomic mass is 32.1. The van der Waals surface area contributed by atoms with E-state index in [0.29, 0.717) is 0 Å². The van der Waals surface area contributed by atoms with Crippen molar-refractivity contribution in [3.05, 3.63) is 27.0 Å². The Labute approximate surface area is 72.6 Å². The predicted octanol–water partition coefficient (Wildman–Crippen LogP) is 3.71. The lowest BCUT2D eigenvalue weighted by atomic mass is 10.1. The molecular weight excluding hydrogens is 152 g/mol. The van der Waals surface area contributed by atoms with Gasteiger partial charge >= 0.3 is 0 Å². The fourth-order valence-electron chi connectivity index (χ4n) is 1.22. The van der Waals surface area contributed by atoms with Crippen molar-refractivity contribution in [1.29, 1.82) is 0 Å². The van der Waals surface area contributed by atoms with Crippen LogP contribution in [-0.4, -0.2) is 0 Å². The fourth-order valence-corrected chi connectivity index (χ4v) is 2.28. The molecule has 0 N–H and O–H groups in total. The molecule has 0 amide bonds. The third kappa shape index (κ3) is 1.54. The van der Waals surface area contributed by atoms with E-state index in [4.69, 9.17) is 0 Å². The monoisotopic (exact) mass is 166 g/mol. The lowest BCUT2D eigenvalue weighted by Crippen LogP contribution is -1.75. The van der Waals surface area contributed by atoms with Gasteiger partial charge in [-0.15, -0.1) is 11.3 Å². The van der Waals surface area contributed by atoms with Gasteiger partial charge in [0.2, 0.25) is 0 Å². The lowest BCUT2D eigenvalue weighted by Gasteiger charge is -1.92. The summed E-state index contributed by atoms with van der Waals surface area (Å²) in [5.74, 6) is 0. The fraction of sp³-hybridized carbons (Fsp3) is 0.400. The summed E-state index contributed by atoms with van der Waals surface area (Å²) >= 11 is 1.88. The molecular formula is C10H14S. The van der Waals surface area contributed by atoms with E-state index >= 15 is 0 Å². The second-order valence-corrected chi connectivity index (χ2v) is 4.18. The molecule has 0 saturated heterocycles. The summed E-state index contributed by atoms with van der Waals surface area (Å²) in [5, 5.41) is 0. The minimum absolute atomic E-state index is 1.41. The van der Waals surface area contributed by atoms with Crippen molar-refractivity contribution >= 4 is 17.4 Å². The van der Waals surface area contributed by atoms with Crippen molar-refractivity contribution in [2.24, 2.45) is 0 Å². The molecule has 0 radical (unpaired) electrons. The molecule has 1 heteroatoms. The van der Waals surface area contributed by atoms with E-state index in [-0.39, 0.29) is 0 Å². The topological polar surface area (TPSA) is 0 Å². The molecule has 0 aliphatic carbocycles. The highest BCUT2D eigenvalue weighted by Gasteiger charge is 2.04. The van der Waals surface area contributed by atoms with Gasteiger partial charge in [0.15, 0.2) is 0 Å². The van der Waals surface area contributed by atoms with Crippen LogP contribution in [0.5, 0.6) is 0 Å².